The summed E-state index contributed by atoms with van der Waals surface area (Å²) in [6, 6.07) is 14.9. The van der Waals surface area contributed by atoms with Gasteiger partial charge in [0.2, 0.25) is 0 Å². The van der Waals surface area contributed by atoms with Crippen molar-refractivity contribution in [3.63, 3.8) is 0 Å². The molecule has 5 heteroatoms. The zero-order chi connectivity index (χ0) is 14.4. The molecule has 0 radical (unpaired) electrons. The molecule has 0 aliphatic carbocycles. The van der Waals surface area contributed by atoms with Crippen LogP contribution in [0.4, 0.5) is 0 Å². The van der Waals surface area contributed by atoms with E-state index in [2.05, 4.69) is 10.1 Å². The minimum absolute atomic E-state index is 0.156. The summed E-state index contributed by atoms with van der Waals surface area (Å²) in [5.41, 5.74) is 2.09. The van der Waals surface area contributed by atoms with Gasteiger partial charge in [-0.3, -0.25) is 14.9 Å². The zero-order valence-corrected chi connectivity index (χ0v) is 11.6. The molecular formula is C16H10ClN3O. The van der Waals surface area contributed by atoms with E-state index in [0.29, 0.717) is 16.1 Å². The van der Waals surface area contributed by atoms with Crippen LogP contribution in [-0.2, 0) is 0 Å². The second kappa shape index (κ2) is 4.46. The van der Waals surface area contributed by atoms with Gasteiger partial charge in [-0.15, -0.1) is 0 Å². The van der Waals surface area contributed by atoms with E-state index in [1.807, 2.05) is 36.4 Å². The third-order valence-corrected chi connectivity index (χ3v) is 3.85. The Labute approximate surface area is 124 Å². The quantitative estimate of drug-likeness (QED) is 0.584. The Kier molecular flexibility index (Phi) is 2.59. The van der Waals surface area contributed by atoms with Crippen LogP contribution >= 0.6 is 11.6 Å². The van der Waals surface area contributed by atoms with Crippen molar-refractivity contribution in [2.24, 2.45) is 0 Å². The van der Waals surface area contributed by atoms with E-state index in [9.17, 15) is 4.79 Å². The van der Waals surface area contributed by atoms with Crippen molar-refractivity contribution >= 4 is 33.4 Å². The van der Waals surface area contributed by atoms with E-state index in [1.165, 1.54) is 4.68 Å². The maximum atomic E-state index is 12.6. The summed E-state index contributed by atoms with van der Waals surface area (Å²) in [7, 11) is 0. The van der Waals surface area contributed by atoms with Gasteiger partial charge in [0.1, 0.15) is 0 Å². The molecule has 0 bridgehead atoms. The van der Waals surface area contributed by atoms with Crippen LogP contribution in [-0.4, -0.2) is 14.8 Å². The summed E-state index contributed by atoms with van der Waals surface area (Å²) in [6.45, 7) is 0. The molecule has 0 fully saturated rings. The molecule has 1 N–H and O–H groups in total. The number of benzene rings is 2. The Balaban J connectivity index is 2.13. The summed E-state index contributed by atoms with van der Waals surface area (Å²) in [6.07, 6.45) is 1.60. The number of H-pyrrole nitrogens is 1. The summed E-state index contributed by atoms with van der Waals surface area (Å²) in [5.74, 6) is 0. The molecule has 0 aliphatic rings. The molecule has 2 aromatic carbocycles. The number of para-hydroxylation sites is 2. The first-order valence-corrected chi connectivity index (χ1v) is 6.87. The molecule has 0 aliphatic heterocycles. The summed E-state index contributed by atoms with van der Waals surface area (Å²) >= 11 is 6.18. The summed E-state index contributed by atoms with van der Waals surface area (Å²) in [4.78, 5) is 16.9. The Morgan fingerprint density at radius 1 is 1.00 bits per heavy atom. The van der Waals surface area contributed by atoms with E-state index in [4.69, 9.17) is 11.6 Å². The summed E-state index contributed by atoms with van der Waals surface area (Å²) in [5, 5.41) is 5.13. The third kappa shape index (κ3) is 1.76. The van der Waals surface area contributed by atoms with E-state index < -0.39 is 0 Å². The van der Waals surface area contributed by atoms with E-state index in [0.717, 1.165) is 16.4 Å². The molecule has 0 spiro atoms. The molecule has 21 heavy (non-hydrogen) atoms. The van der Waals surface area contributed by atoms with Gasteiger partial charge in [0.05, 0.1) is 27.1 Å². The van der Waals surface area contributed by atoms with Crippen LogP contribution in [0.3, 0.4) is 0 Å². The van der Waals surface area contributed by atoms with Crippen LogP contribution in [0.1, 0.15) is 0 Å². The SMILES string of the molecule is O=c1c2cnc3ccccc3c2[nH]n1-c1ccccc1Cl. The van der Waals surface area contributed by atoms with Gasteiger partial charge in [-0.2, -0.15) is 0 Å². The van der Waals surface area contributed by atoms with Crippen molar-refractivity contribution in [2.75, 3.05) is 0 Å². The molecule has 102 valence electrons. The monoisotopic (exact) mass is 295 g/mol. The van der Waals surface area contributed by atoms with Crippen LogP contribution in [0.25, 0.3) is 27.5 Å². The first-order chi connectivity index (χ1) is 10.3. The minimum Gasteiger partial charge on any atom is -0.289 e. The Bertz CT molecular complexity index is 1030. The molecule has 0 unspecified atom stereocenters. The summed E-state index contributed by atoms with van der Waals surface area (Å²) < 4.78 is 1.46. The van der Waals surface area contributed by atoms with Crippen LogP contribution in [0.15, 0.2) is 59.5 Å². The highest BCUT2D eigenvalue weighted by molar-refractivity contribution is 6.32. The number of halogens is 1. The van der Waals surface area contributed by atoms with Gasteiger partial charge in [0.15, 0.2) is 0 Å². The second-order valence-electron chi connectivity index (χ2n) is 4.77. The maximum Gasteiger partial charge on any atom is 0.280 e. The van der Waals surface area contributed by atoms with E-state index in [1.54, 1.807) is 18.3 Å². The molecular weight excluding hydrogens is 286 g/mol. The predicted octanol–water partition coefficient (Wildman–Crippen LogP) is 3.52. The van der Waals surface area contributed by atoms with Gasteiger partial charge in [-0.05, 0) is 18.2 Å². The molecule has 0 atom stereocenters. The minimum atomic E-state index is -0.156. The number of rotatable bonds is 1. The molecule has 4 rings (SSSR count). The average Bonchev–Trinajstić information content (AvgIpc) is 2.85. The lowest BCUT2D eigenvalue weighted by molar-refractivity contribution is 0.865. The van der Waals surface area contributed by atoms with Gasteiger partial charge in [0.25, 0.3) is 5.56 Å². The normalized spacial score (nSPS) is 11.3. The Morgan fingerprint density at radius 3 is 2.62 bits per heavy atom. The second-order valence-corrected chi connectivity index (χ2v) is 5.18. The topological polar surface area (TPSA) is 50.7 Å². The van der Waals surface area contributed by atoms with Gasteiger partial charge < -0.3 is 0 Å². The Hall–Kier alpha value is -2.59. The van der Waals surface area contributed by atoms with Crippen molar-refractivity contribution in [1.82, 2.24) is 14.8 Å². The van der Waals surface area contributed by atoms with E-state index in [-0.39, 0.29) is 5.56 Å². The standard InChI is InChI=1S/C16H10ClN3O/c17-12-6-2-4-8-14(12)20-16(21)11-9-18-13-7-3-1-5-10(13)15(11)19-20/h1-9,19H. The van der Waals surface area contributed by atoms with Crippen molar-refractivity contribution in [2.45, 2.75) is 0 Å². The molecule has 0 amide bonds. The molecule has 2 aromatic heterocycles. The first-order valence-electron chi connectivity index (χ1n) is 6.49. The number of nitrogens with zero attached hydrogens (tertiary/aromatic N) is 2. The van der Waals surface area contributed by atoms with Crippen LogP contribution < -0.4 is 5.56 Å². The highest BCUT2D eigenvalue weighted by Gasteiger charge is 2.13. The number of nitrogens with one attached hydrogen (secondary N) is 1. The molecule has 0 saturated heterocycles. The van der Waals surface area contributed by atoms with Crippen molar-refractivity contribution in [3.05, 3.63) is 70.1 Å². The number of hydrogen-bond donors (Lipinski definition) is 1. The number of aromatic amines is 1. The largest absolute Gasteiger partial charge is 0.289 e. The third-order valence-electron chi connectivity index (χ3n) is 3.53. The lowest BCUT2D eigenvalue weighted by Gasteiger charge is -2.03. The smallest absolute Gasteiger partial charge is 0.280 e. The van der Waals surface area contributed by atoms with Gasteiger partial charge in [-0.1, -0.05) is 41.9 Å². The van der Waals surface area contributed by atoms with Gasteiger partial charge in [-0.25, -0.2) is 4.68 Å². The number of pyridine rings is 1. The highest BCUT2D eigenvalue weighted by Crippen LogP contribution is 2.23. The fraction of sp³-hybridized carbons (Fsp3) is 0. The molecule has 4 aromatic rings. The van der Waals surface area contributed by atoms with Crippen molar-refractivity contribution in [3.8, 4) is 5.69 Å². The average molecular weight is 296 g/mol. The lowest BCUT2D eigenvalue weighted by Crippen LogP contribution is -2.14. The number of hydrogen-bond acceptors (Lipinski definition) is 2. The zero-order valence-electron chi connectivity index (χ0n) is 10.9. The maximum absolute atomic E-state index is 12.6. The number of fused-ring (bicyclic) bond motifs is 3. The molecule has 4 nitrogen and oxygen atoms in total. The van der Waals surface area contributed by atoms with Crippen molar-refractivity contribution in [1.29, 1.82) is 0 Å². The predicted molar refractivity (Wildman–Crippen MR) is 84.2 cm³/mol. The Morgan fingerprint density at radius 2 is 1.76 bits per heavy atom. The van der Waals surface area contributed by atoms with Crippen LogP contribution in [0, 0.1) is 0 Å². The fourth-order valence-corrected chi connectivity index (χ4v) is 2.73. The number of aromatic nitrogens is 3. The van der Waals surface area contributed by atoms with Crippen LogP contribution in [0.2, 0.25) is 5.02 Å². The lowest BCUT2D eigenvalue weighted by atomic mass is 10.2. The van der Waals surface area contributed by atoms with Crippen LogP contribution in [0.5, 0.6) is 0 Å². The van der Waals surface area contributed by atoms with Gasteiger partial charge >= 0.3 is 0 Å². The highest BCUT2D eigenvalue weighted by atomic mass is 35.5. The molecule has 2 heterocycles. The first kappa shape index (κ1) is 12.2. The fourth-order valence-electron chi connectivity index (χ4n) is 2.51. The van der Waals surface area contributed by atoms with Crippen molar-refractivity contribution < 1.29 is 0 Å². The van der Waals surface area contributed by atoms with Gasteiger partial charge in [0, 0.05) is 11.6 Å². The molecule has 0 saturated carbocycles. The van der Waals surface area contributed by atoms with E-state index >= 15 is 0 Å².